The van der Waals surface area contributed by atoms with Gasteiger partial charge in [-0.2, -0.15) is 0 Å². The maximum Gasteiger partial charge on any atom is 0.328 e. The summed E-state index contributed by atoms with van der Waals surface area (Å²) in [5.41, 5.74) is 0. The normalized spacial score (nSPS) is 12.0. The number of hydrogen-bond acceptors (Lipinski definition) is 5. The molecule has 0 aromatic carbocycles. The monoisotopic (exact) mass is 316 g/mol. The number of amides is 2. The lowest BCUT2D eigenvalue weighted by Gasteiger charge is -2.25. The predicted molar refractivity (Wildman–Crippen MR) is 79.8 cm³/mol. The van der Waals surface area contributed by atoms with Crippen LogP contribution in [0.15, 0.2) is 12.2 Å². The molecule has 0 bridgehead atoms. The molecule has 0 radical (unpaired) electrons. The van der Waals surface area contributed by atoms with E-state index in [2.05, 4.69) is 5.32 Å². The van der Waals surface area contributed by atoms with Crippen LogP contribution >= 0.6 is 11.8 Å². The molecule has 2 amide bonds. The van der Waals surface area contributed by atoms with E-state index in [4.69, 9.17) is 5.11 Å². The smallest absolute Gasteiger partial charge is 0.328 e. The SMILES string of the molecule is CCN(CC)C(=O)[C@H](CSC(=O)/C=C/C(=O)O)NC(C)=O. The maximum atomic E-state index is 12.2. The van der Waals surface area contributed by atoms with Gasteiger partial charge in [-0.05, 0) is 19.9 Å². The number of aliphatic carboxylic acids is 1. The van der Waals surface area contributed by atoms with Gasteiger partial charge in [0.25, 0.3) is 0 Å². The number of nitrogens with zero attached hydrogens (tertiary/aromatic N) is 1. The van der Waals surface area contributed by atoms with Crippen molar-refractivity contribution in [1.29, 1.82) is 0 Å². The van der Waals surface area contributed by atoms with Crippen LogP contribution in [0.25, 0.3) is 0 Å². The summed E-state index contributed by atoms with van der Waals surface area (Å²) in [6.07, 6.45) is 1.65. The Labute approximate surface area is 127 Å². The Morgan fingerprint density at radius 1 is 1.19 bits per heavy atom. The summed E-state index contributed by atoms with van der Waals surface area (Å²) in [5.74, 6) is -1.80. The Morgan fingerprint density at radius 2 is 1.76 bits per heavy atom. The number of carboxylic acid groups (broad SMARTS) is 1. The van der Waals surface area contributed by atoms with Gasteiger partial charge in [-0.15, -0.1) is 0 Å². The lowest BCUT2D eigenvalue weighted by Crippen LogP contribution is -2.49. The lowest BCUT2D eigenvalue weighted by atomic mass is 10.2. The summed E-state index contributed by atoms with van der Waals surface area (Å²) in [6, 6.07) is -0.811. The number of carbonyl (C=O) groups is 4. The van der Waals surface area contributed by atoms with Crippen LogP contribution in [-0.4, -0.2) is 57.8 Å². The van der Waals surface area contributed by atoms with E-state index in [-0.39, 0.29) is 17.6 Å². The van der Waals surface area contributed by atoms with Gasteiger partial charge in [0.15, 0.2) is 0 Å². The fourth-order valence-electron chi connectivity index (χ4n) is 1.53. The number of thioether (sulfide) groups is 1. The molecule has 0 rings (SSSR count). The Hall–Kier alpha value is -1.83. The highest BCUT2D eigenvalue weighted by atomic mass is 32.2. The van der Waals surface area contributed by atoms with Crippen LogP contribution < -0.4 is 5.32 Å². The van der Waals surface area contributed by atoms with Crippen LogP contribution in [0.3, 0.4) is 0 Å². The highest BCUT2D eigenvalue weighted by Gasteiger charge is 2.24. The summed E-state index contributed by atoms with van der Waals surface area (Å²) < 4.78 is 0. The zero-order valence-electron chi connectivity index (χ0n) is 12.3. The van der Waals surface area contributed by atoms with Gasteiger partial charge in [0.1, 0.15) is 6.04 Å². The van der Waals surface area contributed by atoms with Crippen molar-refractivity contribution in [3.63, 3.8) is 0 Å². The first-order valence-corrected chi connectivity index (χ1v) is 7.44. The van der Waals surface area contributed by atoms with E-state index in [9.17, 15) is 19.2 Å². The largest absolute Gasteiger partial charge is 0.478 e. The minimum atomic E-state index is -1.22. The Bertz CT molecular complexity index is 432. The lowest BCUT2D eigenvalue weighted by molar-refractivity contribution is -0.135. The average Bonchev–Trinajstić information content (AvgIpc) is 2.41. The molecule has 0 heterocycles. The van der Waals surface area contributed by atoms with Crippen molar-refractivity contribution in [1.82, 2.24) is 10.2 Å². The van der Waals surface area contributed by atoms with Gasteiger partial charge < -0.3 is 15.3 Å². The molecule has 0 aromatic heterocycles. The van der Waals surface area contributed by atoms with Crippen molar-refractivity contribution in [2.24, 2.45) is 0 Å². The van der Waals surface area contributed by atoms with Crippen molar-refractivity contribution in [2.45, 2.75) is 26.8 Å². The van der Waals surface area contributed by atoms with E-state index in [0.29, 0.717) is 13.1 Å². The van der Waals surface area contributed by atoms with Crippen molar-refractivity contribution in [3.8, 4) is 0 Å². The molecule has 0 fully saturated rings. The Morgan fingerprint density at radius 3 is 2.19 bits per heavy atom. The van der Waals surface area contributed by atoms with Crippen molar-refractivity contribution in [2.75, 3.05) is 18.8 Å². The van der Waals surface area contributed by atoms with Crippen molar-refractivity contribution < 1.29 is 24.3 Å². The highest BCUT2D eigenvalue weighted by Crippen LogP contribution is 2.08. The Balaban J connectivity index is 4.70. The molecular formula is C13H20N2O5S. The van der Waals surface area contributed by atoms with Crippen molar-refractivity contribution >= 4 is 34.7 Å². The number of rotatable bonds is 8. The quantitative estimate of drug-likeness (QED) is 0.623. The average molecular weight is 316 g/mol. The first kappa shape index (κ1) is 19.2. The predicted octanol–water partition coefficient (Wildman–Crippen LogP) is 0.260. The van der Waals surface area contributed by atoms with Crippen LogP contribution in [0.1, 0.15) is 20.8 Å². The topological polar surface area (TPSA) is 104 Å². The van der Waals surface area contributed by atoms with E-state index in [1.54, 1.807) is 4.90 Å². The van der Waals surface area contributed by atoms with Crippen LogP contribution in [0, 0.1) is 0 Å². The van der Waals surface area contributed by atoms with Gasteiger partial charge >= 0.3 is 5.97 Å². The molecule has 7 nitrogen and oxygen atoms in total. The fraction of sp³-hybridized carbons (Fsp3) is 0.538. The number of hydrogen-bond donors (Lipinski definition) is 2. The molecule has 0 saturated heterocycles. The molecule has 0 aliphatic rings. The number of carboxylic acids is 1. The minimum Gasteiger partial charge on any atom is -0.478 e. The van der Waals surface area contributed by atoms with E-state index in [0.717, 1.165) is 23.9 Å². The van der Waals surface area contributed by atoms with Gasteiger partial charge in [0.2, 0.25) is 16.9 Å². The summed E-state index contributed by atoms with van der Waals surface area (Å²) in [6.45, 7) is 5.94. The number of carbonyl (C=O) groups excluding carboxylic acids is 3. The maximum absolute atomic E-state index is 12.2. The minimum absolute atomic E-state index is 0.0533. The molecular weight excluding hydrogens is 296 g/mol. The molecule has 0 aliphatic heterocycles. The summed E-state index contributed by atoms with van der Waals surface area (Å²) in [7, 11) is 0. The molecule has 8 heteroatoms. The van der Waals surface area contributed by atoms with E-state index in [1.165, 1.54) is 6.92 Å². The second-order valence-electron chi connectivity index (χ2n) is 4.07. The second-order valence-corrected chi connectivity index (χ2v) is 5.09. The third-order valence-corrected chi connectivity index (χ3v) is 3.43. The molecule has 118 valence electrons. The summed E-state index contributed by atoms with van der Waals surface area (Å²) in [5, 5.41) is 10.4. The molecule has 1 atom stereocenters. The molecule has 21 heavy (non-hydrogen) atoms. The molecule has 0 unspecified atom stereocenters. The highest BCUT2D eigenvalue weighted by molar-refractivity contribution is 8.14. The zero-order chi connectivity index (χ0) is 16.4. The summed E-state index contributed by atoms with van der Waals surface area (Å²) in [4.78, 5) is 46.6. The van der Waals surface area contributed by atoms with E-state index >= 15 is 0 Å². The Kier molecular flexibility index (Phi) is 9.11. The van der Waals surface area contributed by atoms with Gasteiger partial charge in [-0.3, -0.25) is 14.4 Å². The summed E-state index contributed by atoms with van der Waals surface area (Å²) >= 11 is 0.784. The van der Waals surface area contributed by atoms with Crippen LogP contribution in [-0.2, 0) is 19.2 Å². The van der Waals surface area contributed by atoms with Crippen molar-refractivity contribution in [3.05, 3.63) is 12.2 Å². The number of likely N-dealkylation sites (N-methyl/N-ethyl adjacent to an activating group) is 1. The van der Waals surface area contributed by atoms with E-state index < -0.39 is 17.1 Å². The molecule has 0 aliphatic carbocycles. The van der Waals surface area contributed by atoms with Gasteiger partial charge in [0, 0.05) is 31.8 Å². The van der Waals surface area contributed by atoms with Crippen LogP contribution in [0.4, 0.5) is 0 Å². The third-order valence-electron chi connectivity index (χ3n) is 2.50. The standard InChI is InChI=1S/C13H20N2O5S/c1-4-15(5-2)13(20)10(14-9(3)16)8-21-12(19)7-6-11(17)18/h6-7,10H,4-5,8H2,1-3H3,(H,14,16)(H,17,18)/b7-6+/t10-/m0/s1. The van der Waals surface area contributed by atoms with Crippen LogP contribution in [0.5, 0.6) is 0 Å². The van der Waals surface area contributed by atoms with Gasteiger partial charge in [-0.25, -0.2) is 4.79 Å². The van der Waals surface area contributed by atoms with E-state index in [1.807, 2.05) is 13.8 Å². The molecule has 0 aromatic rings. The fourth-order valence-corrected chi connectivity index (χ4v) is 2.25. The first-order valence-electron chi connectivity index (χ1n) is 6.45. The zero-order valence-corrected chi connectivity index (χ0v) is 13.1. The molecule has 2 N–H and O–H groups in total. The first-order chi connectivity index (χ1) is 9.81. The second kappa shape index (κ2) is 9.98. The molecule has 0 saturated carbocycles. The van der Waals surface area contributed by atoms with Gasteiger partial charge in [0.05, 0.1) is 0 Å². The molecule has 0 spiro atoms. The van der Waals surface area contributed by atoms with Gasteiger partial charge in [-0.1, -0.05) is 11.8 Å². The van der Waals surface area contributed by atoms with Crippen LogP contribution in [0.2, 0.25) is 0 Å². The third kappa shape index (κ3) is 8.13. The number of nitrogens with one attached hydrogen (secondary N) is 1.